The van der Waals surface area contributed by atoms with Crippen molar-refractivity contribution in [3.8, 4) is 11.3 Å². The summed E-state index contributed by atoms with van der Waals surface area (Å²) in [5.74, 6) is -0.0572. The van der Waals surface area contributed by atoms with Gasteiger partial charge in [0.15, 0.2) is 5.65 Å². The monoisotopic (exact) mass is 401 g/mol. The van der Waals surface area contributed by atoms with Crippen LogP contribution in [0.3, 0.4) is 0 Å². The normalized spacial score (nSPS) is 11.3. The van der Waals surface area contributed by atoms with Crippen molar-refractivity contribution in [3.63, 3.8) is 0 Å². The van der Waals surface area contributed by atoms with Crippen LogP contribution in [0.2, 0.25) is 0 Å². The number of rotatable bonds is 5. The van der Waals surface area contributed by atoms with Gasteiger partial charge in [-0.05, 0) is 42.1 Å². The molecule has 4 heterocycles. The molecular weight excluding hydrogens is 382 g/mol. The van der Waals surface area contributed by atoms with E-state index in [0.717, 1.165) is 39.7 Å². The van der Waals surface area contributed by atoms with Crippen molar-refractivity contribution in [2.24, 2.45) is 7.05 Å². The third-order valence-electron chi connectivity index (χ3n) is 5.04. The Morgan fingerprint density at radius 3 is 2.93 bits per heavy atom. The van der Waals surface area contributed by atoms with Crippen LogP contribution in [0.1, 0.15) is 15.2 Å². The quantitative estimate of drug-likeness (QED) is 0.464. The summed E-state index contributed by atoms with van der Waals surface area (Å²) in [5, 5.41) is 6.09. The molecule has 5 rings (SSSR count). The first-order chi connectivity index (χ1) is 14.2. The number of nitrogens with one attached hydrogen (secondary N) is 2. The van der Waals surface area contributed by atoms with Crippen LogP contribution >= 0.6 is 11.3 Å². The molecule has 1 aromatic carbocycles. The molecule has 4 aromatic heterocycles. The van der Waals surface area contributed by atoms with Crippen LogP contribution in [0, 0.1) is 0 Å². The van der Waals surface area contributed by atoms with Crippen LogP contribution in [-0.2, 0) is 13.5 Å². The molecule has 0 aliphatic rings. The van der Waals surface area contributed by atoms with Crippen LogP contribution in [0.15, 0.2) is 60.4 Å². The number of fused-ring (bicyclic) bond motifs is 2. The number of benzene rings is 1. The Hall–Kier alpha value is -3.45. The first-order valence-electron chi connectivity index (χ1n) is 9.39. The predicted octanol–water partition coefficient (Wildman–Crippen LogP) is 4.15. The molecule has 29 heavy (non-hydrogen) atoms. The van der Waals surface area contributed by atoms with Gasteiger partial charge in [0.05, 0.1) is 5.69 Å². The number of thiophene rings is 1. The summed E-state index contributed by atoms with van der Waals surface area (Å²) in [6.45, 7) is 0.623. The fourth-order valence-corrected chi connectivity index (χ4v) is 4.31. The second kappa shape index (κ2) is 7.18. The average molecular weight is 401 g/mol. The van der Waals surface area contributed by atoms with E-state index in [1.807, 2.05) is 37.4 Å². The lowest BCUT2D eigenvalue weighted by atomic mass is 10.1. The van der Waals surface area contributed by atoms with Gasteiger partial charge in [0, 0.05) is 59.1 Å². The van der Waals surface area contributed by atoms with Gasteiger partial charge < -0.3 is 14.9 Å². The Bertz CT molecular complexity index is 1280. The van der Waals surface area contributed by atoms with Gasteiger partial charge in [-0.25, -0.2) is 4.98 Å². The molecule has 5 aromatic rings. The molecule has 0 aliphatic carbocycles. The highest BCUT2D eigenvalue weighted by Gasteiger charge is 2.14. The number of hydrogen-bond donors (Lipinski definition) is 2. The number of carbonyl (C=O) groups is 1. The fourth-order valence-electron chi connectivity index (χ4n) is 3.60. The standard InChI is InChI=1S/C22H19N5OS/c1-27-13-17(18-12-19-21(26-18)24-9-8-23-19)16-11-14(4-5-20(16)27)22(28)25-7-6-15-3-2-10-29-15/h2-5,8-13H,6-7H2,1H3,(H,24,26)(H,25,28). The van der Waals surface area contributed by atoms with Crippen molar-refractivity contribution in [2.75, 3.05) is 6.54 Å². The van der Waals surface area contributed by atoms with Crippen molar-refractivity contribution >= 4 is 39.3 Å². The molecule has 6 nitrogen and oxygen atoms in total. The van der Waals surface area contributed by atoms with Crippen LogP contribution in [0.4, 0.5) is 0 Å². The molecule has 0 bridgehead atoms. The number of aryl methyl sites for hydroxylation is 1. The molecule has 0 saturated carbocycles. The zero-order valence-corrected chi connectivity index (χ0v) is 16.7. The van der Waals surface area contributed by atoms with Gasteiger partial charge in [-0.15, -0.1) is 11.3 Å². The number of aromatic amines is 1. The summed E-state index contributed by atoms with van der Waals surface area (Å²) in [5.41, 5.74) is 5.25. The van der Waals surface area contributed by atoms with Gasteiger partial charge in [0.1, 0.15) is 5.52 Å². The zero-order valence-electron chi connectivity index (χ0n) is 15.8. The Kier molecular flexibility index (Phi) is 4.37. The highest BCUT2D eigenvalue weighted by Crippen LogP contribution is 2.31. The van der Waals surface area contributed by atoms with Crippen molar-refractivity contribution in [3.05, 3.63) is 70.8 Å². The van der Waals surface area contributed by atoms with E-state index in [-0.39, 0.29) is 5.91 Å². The first-order valence-corrected chi connectivity index (χ1v) is 10.3. The van der Waals surface area contributed by atoms with Crippen molar-refractivity contribution in [2.45, 2.75) is 6.42 Å². The third kappa shape index (κ3) is 3.30. The van der Waals surface area contributed by atoms with Gasteiger partial charge in [-0.3, -0.25) is 9.78 Å². The summed E-state index contributed by atoms with van der Waals surface area (Å²) in [4.78, 5) is 25.9. The lowest BCUT2D eigenvalue weighted by Gasteiger charge is -2.06. The number of aromatic nitrogens is 4. The summed E-state index contributed by atoms with van der Waals surface area (Å²) >= 11 is 1.71. The van der Waals surface area contributed by atoms with E-state index in [0.29, 0.717) is 12.1 Å². The molecule has 0 atom stereocenters. The topological polar surface area (TPSA) is 75.6 Å². The highest BCUT2D eigenvalue weighted by atomic mass is 32.1. The minimum absolute atomic E-state index is 0.0572. The summed E-state index contributed by atoms with van der Waals surface area (Å²) in [6, 6.07) is 11.9. The van der Waals surface area contributed by atoms with Gasteiger partial charge in [0.2, 0.25) is 0 Å². The van der Waals surface area contributed by atoms with Crippen molar-refractivity contribution in [1.29, 1.82) is 0 Å². The zero-order chi connectivity index (χ0) is 19.8. The van der Waals surface area contributed by atoms with Crippen LogP contribution in [0.5, 0.6) is 0 Å². The molecule has 0 aliphatic heterocycles. The molecule has 1 amide bonds. The molecule has 0 unspecified atom stereocenters. The van der Waals surface area contributed by atoms with Gasteiger partial charge in [-0.1, -0.05) is 6.07 Å². The summed E-state index contributed by atoms with van der Waals surface area (Å²) in [7, 11) is 2.01. The summed E-state index contributed by atoms with van der Waals surface area (Å²) < 4.78 is 2.06. The first kappa shape index (κ1) is 17.6. The molecular formula is C22H19N5OS. The van der Waals surface area contributed by atoms with E-state index in [1.54, 1.807) is 23.7 Å². The van der Waals surface area contributed by atoms with Crippen LogP contribution in [0.25, 0.3) is 33.3 Å². The Morgan fingerprint density at radius 1 is 1.21 bits per heavy atom. The van der Waals surface area contributed by atoms with Crippen LogP contribution in [-0.4, -0.2) is 32.0 Å². The Balaban J connectivity index is 1.45. The maximum absolute atomic E-state index is 12.7. The second-order valence-electron chi connectivity index (χ2n) is 6.94. The van der Waals surface area contributed by atoms with Gasteiger partial charge in [0.25, 0.3) is 5.91 Å². The maximum Gasteiger partial charge on any atom is 0.251 e. The maximum atomic E-state index is 12.7. The molecule has 7 heteroatoms. The van der Waals surface area contributed by atoms with E-state index >= 15 is 0 Å². The number of hydrogen-bond acceptors (Lipinski definition) is 4. The van der Waals surface area contributed by atoms with E-state index in [4.69, 9.17) is 0 Å². The SMILES string of the molecule is Cn1cc(-c2cc3nccnc3[nH]2)c2cc(C(=O)NCCc3cccs3)ccc21. The highest BCUT2D eigenvalue weighted by molar-refractivity contribution is 7.09. The molecule has 0 fully saturated rings. The van der Waals surface area contributed by atoms with E-state index < -0.39 is 0 Å². The molecule has 0 radical (unpaired) electrons. The average Bonchev–Trinajstić information content (AvgIpc) is 3.46. The number of H-pyrrole nitrogens is 1. The molecule has 2 N–H and O–H groups in total. The largest absolute Gasteiger partial charge is 0.352 e. The van der Waals surface area contributed by atoms with Gasteiger partial charge in [-0.2, -0.15) is 0 Å². The Morgan fingerprint density at radius 2 is 2.10 bits per heavy atom. The molecule has 0 saturated heterocycles. The number of nitrogens with zero attached hydrogens (tertiary/aromatic N) is 3. The van der Waals surface area contributed by atoms with Gasteiger partial charge >= 0.3 is 0 Å². The van der Waals surface area contributed by atoms with E-state index in [9.17, 15) is 4.79 Å². The number of amides is 1. The van der Waals surface area contributed by atoms with E-state index in [1.165, 1.54) is 4.88 Å². The minimum Gasteiger partial charge on any atom is -0.352 e. The molecule has 0 spiro atoms. The van der Waals surface area contributed by atoms with Crippen molar-refractivity contribution in [1.82, 2.24) is 24.8 Å². The Labute approximate surface area is 171 Å². The second-order valence-corrected chi connectivity index (χ2v) is 7.98. The lowest BCUT2D eigenvalue weighted by Crippen LogP contribution is -2.25. The number of carbonyl (C=O) groups excluding carboxylic acids is 1. The third-order valence-corrected chi connectivity index (χ3v) is 5.98. The van der Waals surface area contributed by atoms with Crippen molar-refractivity contribution < 1.29 is 4.79 Å². The smallest absolute Gasteiger partial charge is 0.251 e. The predicted molar refractivity (Wildman–Crippen MR) is 116 cm³/mol. The molecule has 144 valence electrons. The minimum atomic E-state index is -0.0572. The van der Waals surface area contributed by atoms with Crippen LogP contribution < -0.4 is 5.32 Å². The summed E-state index contributed by atoms with van der Waals surface area (Å²) in [6.07, 6.45) is 6.26. The lowest BCUT2D eigenvalue weighted by molar-refractivity contribution is 0.0954. The fraction of sp³-hybridized carbons (Fsp3) is 0.136. The van der Waals surface area contributed by atoms with E-state index in [2.05, 4.69) is 42.5 Å².